The molecule has 1 spiro atoms. The number of rotatable bonds is 2. The number of anilines is 1. The SMILES string of the molecule is Cc1cnn(C2CCCC2)c1NC(=O)N1CCC[C@]2(CC1)CN(C)C(=O)O2. The molecular formula is C19H29N5O3. The minimum atomic E-state index is -0.442. The first-order chi connectivity index (χ1) is 13.0. The number of ether oxygens (including phenoxy) is 1. The number of amides is 3. The summed E-state index contributed by atoms with van der Waals surface area (Å²) in [4.78, 5) is 28.2. The van der Waals surface area contributed by atoms with Gasteiger partial charge in [-0.1, -0.05) is 12.8 Å². The van der Waals surface area contributed by atoms with Crippen molar-refractivity contribution in [3.05, 3.63) is 11.8 Å². The van der Waals surface area contributed by atoms with Gasteiger partial charge in [0.2, 0.25) is 0 Å². The maximum absolute atomic E-state index is 12.9. The van der Waals surface area contributed by atoms with Crippen LogP contribution in [0.15, 0.2) is 6.20 Å². The van der Waals surface area contributed by atoms with Crippen LogP contribution in [-0.4, -0.2) is 64.0 Å². The molecule has 3 amide bonds. The highest BCUT2D eigenvalue weighted by Gasteiger charge is 2.44. The molecule has 8 nitrogen and oxygen atoms in total. The number of urea groups is 1. The minimum absolute atomic E-state index is 0.0902. The van der Waals surface area contributed by atoms with Crippen LogP contribution in [0.3, 0.4) is 0 Å². The van der Waals surface area contributed by atoms with Gasteiger partial charge in [0.15, 0.2) is 0 Å². The van der Waals surface area contributed by atoms with Crippen LogP contribution in [0.2, 0.25) is 0 Å². The van der Waals surface area contributed by atoms with Crippen LogP contribution in [-0.2, 0) is 4.74 Å². The Labute approximate surface area is 159 Å². The smallest absolute Gasteiger partial charge is 0.410 e. The average molecular weight is 375 g/mol. The Morgan fingerprint density at radius 3 is 2.74 bits per heavy atom. The van der Waals surface area contributed by atoms with E-state index >= 15 is 0 Å². The van der Waals surface area contributed by atoms with Gasteiger partial charge in [0.25, 0.3) is 0 Å². The topological polar surface area (TPSA) is 79.7 Å². The van der Waals surface area contributed by atoms with Gasteiger partial charge in [0, 0.05) is 32.1 Å². The Kier molecular flexibility index (Phi) is 4.74. The summed E-state index contributed by atoms with van der Waals surface area (Å²) in [7, 11) is 1.76. The summed E-state index contributed by atoms with van der Waals surface area (Å²) in [5.74, 6) is 0.817. The second kappa shape index (κ2) is 7.05. The normalized spacial score (nSPS) is 26.5. The van der Waals surface area contributed by atoms with Gasteiger partial charge in [-0.15, -0.1) is 0 Å². The van der Waals surface area contributed by atoms with E-state index in [0.717, 1.165) is 37.1 Å². The van der Waals surface area contributed by atoms with Gasteiger partial charge >= 0.3 is 12.1 Å². The molecule has 1 aromatic rings. The maximum atomic E-state index is 12.9. The first-order valence-corrected chi connectivity index (χ1v) is 10.0. The molecule has 4 rings (SSSR count). The fourth-order valence-electron chi connectivity index (χ4n) is 4.63. The molecule has 1 saturated carbocycles. The zero-order chi connectivity index (χ0) is 19.0. The molecule has 2 aliphatic heterocycles. The molecule has 1 N–H and O–H groups in total. The Morgan fingerprint density at radius 2 is 2.04 bits per heavy atom. The van der Waals surface area contributed by atoms with Gasteiger partial charge in [-0.05, 0) is 32.6 Å². The molecule has 0 bridgehead atoms. The van der Waals surface area contributed by atoms with Gasteiger partial charge in [-0.3, -0.25) is 5.32 Å². The van der Waals surface area contributed by atoms with Crippen LogP contribution in [0.1, 0.15) is 56.6 Å². The van der Waals surface area contributed by atoms with E-state index < -0.39 is 5.60 Å². The number of likely N-dealkylation sites (tertiary alicyclic amines) is 1. The summed E-state index contributed by atoms with van der Waals surface area (Å²) < 4.78 is 7.63. The summed E-state index contributed by atoms with van der Waals surface area (Å²) in [6, 6.07) is 0.294. The van der Waals surface area contributed by atoms with E-state index in [-0.39, 0.29) is 12.1 Å². The quantitative estimate of drug-likeness (QED) is 0.861. The zero-order valence-electron chi connectivity index (χ0n) is 16.2. The van der Waals surface area contributed by atoms with E-state index in [1.807, 2.05) is 22.7 Å². The predicted octanol–water partition coefficient (Wildman–Crippen LogP) is 3.15. The van der Waals surface area contributed by atoms with Crippen LogP contribution in [0.5, 0.6) is 0 Å². The summed E-state index contributed by atoms with van der Waals surface area (Å²) in [5.41, 5.74) is 0.551. The third kappa shape index (κ3) is 3.49. The Morgan fingerprint density at radius 1 is 1.26 bits per heavy atom. The Hall–Kier alpha value is -2.25. The monoisotopic (exact) mass is 375 g/mol. The first-order valence-electron chi connectivity index (χ1n) is 10.0. The number of hydrogen-bond acceptors (Lipinski definition) is 4. The van der Waals surface area contributed by atoms with E-state index in [4.69, 9.17) is 4.74 Å². The van der Waals surface area contributed by atoms with Crippen molar-refractivity contribution in [1.29, 1.82) is 0 Å². The lowest BCUT2D eigenvalue weighted by Crippen LogP contribution is -2.39. The van der Waals surface area contributed by atoms with Gasteiger partial charge in [0.1, 0.15) is 11.4 Å². The van der Waals surface area contributed by atoms with Gasteiger partial charge < -0.3 is 14.5 Å². The molecule has 8 heteroatoms. The number of aromatic nitrogens is 2. The zero-order valence-corrected chi connectivity index (χ0v) is 16.2. The molecule has 3 heterocycles. The molecule has 0 aromatic carbocycles. The summed E-state index contributed by atoms with van der Waals surface area (Å²) in [6.45, 7) is 3.85. The number of nitrogens with one attached hydrogen (secondary N) is 1. The molecule has 1 atom stereocenters. The lowest BCUT2D eigenvalue weighted by Gasteiger charge is -2.25. The highest BCUT2D eigenvalue weighted by molar-refractivity contribution is 5.89. The molecule has 1 aliphatic carbocycles. The molecule has 27 heavy (non-hydrogen) atoms. The van der Waals surface area contributed by atoms with Crippen molar-refractivity contribution in [3.8, 4) is 0 Å². The average Bonchev–Trinajstić information content (AvgIpc) is 3.29. The van der Waals surface area contributed by atoms with Crippen LogP contribution in [0.4, 0.5) is 15.4 Å². The standard InChI is InChI=1S/C19H29N5O3/c1-14-12-20-24(15-6-3-4-7-15)16(14)21-17(25)23-10-5-8-19(9-11-23)13-22(2)18(26)27-19/h12,15H,3-11,13H2,1-2H3,(H,21,25)/t19-/m0/s1. The van der Waals surface area contributed by atoms with Crippen LogP contribution >= 0.6 is 0 Å². The molecule has 0 radical (unpaired) electrons. The van der Waals surface area contributed by atoms with E-state index in [1.165, 1.54) is 12.8 Å². The van der Waals surface area contributed by atoms with E-state index in [9.17, 15) is 9.59 Å². The van der Waals surface area contributed by atoms with E-state index in [2.05, 4.69) is 10.4 Å². The van der Waals surface area contributed by atoms with Crippen molar-refractivity contribution in [2.24, 2.45) is 0 Å². The van der Waals surface area contributed by atoms with Crippen molar-refractivity contribution < 1.29 is 14.3 Å². The number of hydrogen-bond donors (Lipinski definition) is 1. The number of nitrogens with zero attached hydrogens (tertiary/aromatic N) is 4. The summed E-state index contributed by atoms with van der Waals surface area (Å²) in [5, 5.41) is 7.61. The molecule has 2 saturated heterocycles. The Bertz CT molecular complexity index is 727. The molecule has 1 aromatic heterocycles. The highest BCUT2D eigenvalue weighted by atomic mass is 16.6. The van der Waals surface area contributed by atoms with Gasteiger partial charge in [0.05, 0.1) is 18.8 Å². The summed E-state index contributed by atoms with van der Waals surface area (Å²) >= 11 is 0. The fourth-order valence-corrected chi connectivity index (χ4v) is 4.63. The fraction of sp³-hybridized carbons (Fsp3) is 0.737. The number of aryl methyl sites for hydroxylation is 1. The lowest BCUT2D eigenvalue weighted by molar-refractivity contribution is 0.0454. The van der Waals surface area contributed by atoms with Crippen molar-refractivity contribution in [2.75, 3.05) is 32.0 Å². The van der Waals surface area contributed by atoms with Crippen molar-refractivity contribution in [3.63, 3.8) is 0 Å². The largest absolute Gasteiger partial charge is 0.441 e. The molecular weight excluding hydrogens is 346 g/mol. The number of carbonyl (C=O) groups excluding carboxylic acids is 2. The van der Waals surface area contributed by atoms with Crippen LogP contribution in [0, 0.1) is 6.92 Å². The number of carbonyl (C=O) groups is 2. The highest BCUT2D eigenvalue weighted by Crippen LogP contribution is 2.34. The second-order valence-corrected chi connectivity index (χ2v) is 8.24. The van der Waals surface area contributed by atoms with E-state index in [0.29, 0.717) is 32.1 Å². The second-order valence-electron chi connectivity index (χ2n) is 8.24. The molecule has 3 aliphatic rings. The number of likely N-dealkylation sites (N-methyl/N-ethyl adjacent to an activating group) is 1. The Balaban J connectivity index is 1.42. The summed E-state index contributed by atoms with van der Waals surface area (Å²) in [6.07, 6.45) is 8.56. The predicted molar refractivity (Wildman–Crippen MR) is 101 cm³/mol. The molecule has 3 fully saturated rings. The van der Waals surface area contributed by atoms with Crippen LogP contribution < -0.4 is 5.32 Å². The first kappa shape index (κ1) is 18.1. The van der Waals surface area contributed by atoms with Gasteiger partial charge in [-0.2, -0.15) is 5.10 Å². The third-order valence-electron chi connectivity index (χ3n) is 6.20. The molecule has 148 valence electrons. The van der Waals surface area contributed by atoms with E-state index in [1.54, 1.807) is 11.9 Å². The molecule has 0 unspecified atom stereocenters. The van der Waals surface area contributed by atoms with Crippen molar-refractivity contribution in [2.45, 2.75) is 63.5 Å². The minimum Gasteiger partial charge on any atom is -0.441 e. The third-order valence-corrected chi connectivity index (χ3v) is 6.20. The maximum Gasteiger partial charge on any atom is 0.410 e. The lowest BCUT2D eigenvalue weighted by atomic mass is 9.95. The van der Waals surface area contributed by atoms with Crippen LogP contribution in [0.25, 0.3) is 0 Å². The van der Waals surface area contributed by atoms with Crippen molar-refractivity contribution in [1.82, 2.24) is 19.6 Å². The van der Waals surface area contributed by atoms with Crippen molar-refractivity contribution >= 4 is 17.9 Å². The van der Waals surface area contributed by atoms with Gasteiger partial charge in [-0.25, -0.2) is 14.3 Å².